The molecule has 2 aromatic carbocycles. The van der Waals surface area contributed by atoms with Gasteiger partial charge in [0, 0.05) is 22.5 Å². The summed E-state index contributed by atoms with van der Waals surface area (Å²) in [4.78, 5) is -0.368. The number of aryl methyl sites for hydroxylation is 1. The number of fused-ring (bicyclic) bond motifs is 1. The van der Waals surface area contributed by atoms with Crippen molar-refractivity contribution in [2.75, 3.05) is 5.73 Å². The third-order valence-corrected chi connectivity index (χ3v) is 3.73. The number of phenolic OH excluding ortho intramolecular Hbond substituents is 1. The molecule has 0 heterocycles. The Hall–Kier alpha value is -1.79. The predicted octanol–water partition coefficient (Wildman–Crippen LogP) is 1.94. The summed E-state index contributed by atoms with van der Waals surface area (Å²) in [5, 5.41) is 10.6. The number of nitrogen functional groups attached to an aromatic ring is 1. The van der Waals surface area contributed by atoms with E-state index in [4.69, 9.17) is 10.3 Å². The molecule has 5 nitrogen and oxygen atoms in total. The second kappa shape index (κ2) is 4.15. The SMILES string of the molecule is CCc1ccc2c(O)cc(S(=O)(=O)O)cc2c1N. The van der Waals surface area contributed by atoms with Gasteiger partial charge >= 0.3 is 0 Å². The molecule has 4 N–H and O–H groups in total. The molecular formula is C12H13NO4S. The Balaban J connectivity index is 2.89. The molecule has 0 spiro atoms. The number of nitrogens with two attached hydrogens (primary N) is 1. The molecule has 0 fully saturated rings. The highest BCUT2D eigenvalue weighted by Crippen LogP contribution is 2.33. The van der Waals surface area contributed by atoms with Crippen molar-refractivity contribution in [3.05, 3.63) is 29.8 Å². The van der Waals surface area contributed by atoms with Crippen LogP contribution in [0.2, 0.25) is 0 Å². The van der Waals surface area contributed by atoms with Gasteiger partial charge in [-0.3, -0.25) is 4.55 Å². The van der Waals surface area contributed by atoms with E-state index in [2.05, 4.69) is 0 Å². The van der Waals surface area contributed by atoms with Crippen molar-refractivity contribution in [1.29, 1.82) is 0 Å². The quantitative estimate of drug-likeness (QED) is 0.570. The maximum atomic E-state index is 11.1. The molecule has 0 atom stereocenters. The van der Waals surface area contributed by atoms with E-state index in [1.807, 2.05) is 6.92 Å². The molecule has 2 aromatic rings. The van der Waals surface area contributed by atoms with Crippen molar-refractivity contribution < 1.29 is 18.1 Å². The molecule has 0 unspecified atom stereocenters. The van der Waals surface area contributed by atoms with Crippen LogP contribution in [0.15, 0.2) is 29.2 Å². The molecular weight excluding hydrogens is 254 g/mol. The van der Waals surface area contributed by atoms with Crippen LogP contribution in [0.25, 0.3) is 10.8 Å². The van der Waals surface area contributed by atoms with Crippen LogP contribution in [0.5, 0.6) is 5.75 Å². The van der Waals surface area contributed by atoms with Crippen molar-refractivity contribution in [1.82, 2.24) is 0 Å². The van der Waals surface area contributed by atoms with Crippen molar-refractivity contribution in [2.24, 2.45) is 0 Å². The van der Waals surface area contributed by atoms with Crippen LogP contribution in [0.1, 0.15) is 12.5 Å². The van der Waals surface area contributed by atoms with Crippen molar-refractivity contribution in [2.45, 2.75) is 18.2 Å². The average molecular weight is 267 g/mol. The Morgan fingerprint density at radius 1 is 1.22 bits per heavy atom. The Bertz CT molecular complexity index is 722. The Kier molecular flexibility index (Phi) is 2.92. The summed E-state index contributed by atoms with van der Waals surface area (Å²) in [6, 6.07) is 5.72. The lowest BCUT2D eigenvalue weighted by atomic mass is 10.0. The Morgan fingerprint density at radius 3 is 2.44 bits per heavy atom. The van der Waals surface area contributed by atoms with E-state index < -0.39 is 10.1 Å². The predicted molar refractivity (Wildman–Crippen MR) is 69.2 cm³/mol. The van der Waals surface area contributed by atoms with Gasteiger partial charge in [-0.1, -0.05) is 19.1 Å². The number of hydrogen-bond acceptors (Lipinski definition) is 4. The van der Waals surface area contributed by atoms with Gasteiger partial charge in [0.25, 0.3) is 10.1 Å². The molecule has 0 aliphatic heterocycles. The molecule has 2 rings (SSSR count). The second-order valence-corrected chi connectivity index (χ2v) is 5.43. The first kappa shape index (κ1) is 12.7. The number of phenols is 1. The van der Waals surface area contributed by atoms with E-state index >= 15 is 0 Å². The average Bonchev–Trinajstić information content (AvgIpc) is 2.29. The maximum Gasteiger partial charge on any atom is 0.294 e. The lowest BCUT2D eigenvalue weighted by Gasteiger charge is -2.10. The van der Waals surface area contributed by atoms with Crippen LogP contribution < -0.4 is 5.73 Å². The van der Waals surface area contributed by atoms with Crippen molar-refractivity contribution in [3.63, 3.8) is 0 Å². The van der Waals surface area contributed by atoms with Crippen LogP contribution in [-0.2, 0) is 16.5 Å². The molecule has 0 radical (unpaired) electrons. The molecule has 0 saturated carbocycles. The van der Waals surface area contributed by atoms with E-state index in [-0.39, 0.29) is 10.6 Å². The zero-order valence-corrected chi connectivity index (χ0v) is 10.5. The first-order valence-electron chi connectivity index (χ1n) is 5.36. The summed E-state index contributed by atoms with van der Waals surface area (Å²) in [5.41, 5.74) is 7.19. The summed E-state index contributed by atoms with van der Waals surface area (Å²) in [6.45, 7) is 1.92. The van der Waals surface area contributed by atoms with Crippen LogP contribution in [0, 0.1) is 0 Å². The summed E-state index contributed by atoms with van der Waals surface area (Å²) in [6.07, 6.45) is 0.693. The molecule has 0 amide bonds. The molecule has 0 aliphatic rings. The monoisotopic (exact) mass is 267 g/mol. The number of benzene rings is 2. The van der Waals surface area contributed by atoms with Crippen LogP contribution in [0.4, 0.5) is 5.69 Å². The van der Waals surface area contributed by atoms with Gasteiger partial charge in [0.15, 0.2) is 0 Å². The van der Waals surface area contributed by atoms with Gasteiger partial charge in [-0.05, 0) is 18.1 Å². The lowest BCUT2D eigenvalue weighted by molar-refractivity contribution is 0.471. The van der Waals surface area contributed by atoms with E-state index in [0.29, 0.717) is 22.9 Å². The summed E-state index contributed by atoms with van der Waals surface area (Å²) < 4.78 is 31.2. The summed E-state index contributed by atoms with van der Waals surface area (Å²) in [5.74, 6) is -0.227. The van der Waals surface area contributed by atoms with Crippen LogP contribution in [0.3, 0.4) is 0 Å². The van der Waals surface area contributed by atoms with E-state index in [9.17, 15) is 13.5 Å². The van der Waals surface area contributed by atoms with Gasteiger partial charge in [0.1, 0.15) is 5.75 Å². The highest BCUT2D eigenvalue weighted by Gasteiger charge is 2.15. The zero-order chi connectivity index (χ0) is 13.5. The smallest absolute Gasteiger partial charge is 0.294 e. The lowest BCUT2D eigenvalue weighted by Crippen LogP contribution is -2.00. The second-order valence-electron chi connectivity index (χ2n) is 4.00. The van der Waals surface area contributed by atoms with E-state index in [1.165, 1.54) is 6.07 Å². The number of rotatable bonds is 2. The third kappa shape index (κ3) is 2.00. The highest BCUT2D eigenvalue weighted by atomic mass is 32.2. The van der Waals surface area contributed by atoms with E-state index in [1.54, 1.807) is 12.1 Å². The van der Waals surface area contributed by atoms with Gasteiger partial charge in [-0.2, -0.15) is 8.42 Å². The third-order valence-electron chi connectivity index (χ3n) is 2.90. The normalized spacial score (nSPS) is 11.9. The molecule has 6 heteroatoms. The first-order chi connectivity index (χ1) is 8.34. The van der Waals surface area contributed by atoms with Crippen molar-refractivity contribution >= 4 is 26.6 Å². The summed E-state index contributed by atoms with van der Waals surface area (Å²) >= 11 is 0. The minimum absolute atomic E-state index is 0.227. The van der Waals surface area contributed by atoms with Crippen LogP contribution >= 0.6 is 0 Å². The standard InChI is InChI=1S/C12H13NO4S/c1-2-7-3-4-9-10(12(7)13)5-8(6-11(9)14)18(15,16)17/h3-6,14H,2,13H2,1H3,(H,15,16,17). The molecule has 0 aliphatic carbocycles. The summed E-state index contributed by atoms with van der Waals surface area (Å²) in [7, 11) is -4.37. The van der Waals surface area contributed by atoms with E-state index in [0.717, 1.165) is 11.6 Å². The molecule has 18 heavy (non-hydrogen) atoms. The van der Waals surface area contributed by atoms with Gasteiger partial charge in [-0.15, -0.1) is 0 Å². The fourth-order valence-electron chi connectivity index (χ4n) is 1.91. The topological polar surface area (TPSA) is 101 Å². The maximum absolute atomic E-state index is 11.1. The van der Waals surface area contributed by atoms with Crippen molar-refractivity contribution in [3.8, 4) is 5.75 Å². The number of hydrogen-bond donors (Lipinski definition) is 3. The fraction of sp³-hybridized carbons (Fsp3) is 0.167. The van der Waals surface area contributed by atoms with Crippen LogP contribution in [-0.4, -0.2) is 18.1 Å². The fourth-order valence-corrected chi connectivity index (χ4v) is 2.44. The largest absolute Gasteiger partial charge is 0.507 e. The zero-order valence-electron chi connectivity index (χ0n) is 9.71. The molecule has 0 bridgehead atoms. The first-order valence-corrected chi connectivity index (χ1v) is 6.80. The molecule has 0 aromatic heterocycles. The van der Waals surface area contributed by atoms with Gasteiger partial charge in [0.2, 0.25) is 0 Å². The van der Waals surface area contributed by atoms with Gasteiger partial charge in [0.05, 0.1) is 4.90 Å². The highest BCUT2D eigenvalue weighted by molar-refractivity contribution is 7.85. The number of anilines is 1. The van der Waals surface area contributed by atoms with Gasteiger partial charge in [-0.25, -0.2) is 0 Å². The Labute approximate surface area is 105 Å². The minimum atomic E-state index is -4.37. The minimum Gasteiger partial charge on any atom is -0.507 e. The number of aromatic hydroxyl groups is 1. The van der Waals surface area contributed by atoms with Gasteiger partial charge < -0.3 is 10.8 Å². The Morgan fingerprint density at radius 2 is 1.89 bits per heavy atom. The molecule has 96 valence electrons. The molecule has 0 saturated heterocycles.